The van der Waals surface area contributed by atoms with Crippen molar-refractivity contribution < 1.29 is 9.90 Å². The fourth-order valence-corrected chi connectivity index (χ4v) is 2.75. The molecular weight excluding hydrogens is 286 g/mol. The molecule has 0 aliphatic rings. The molecule has 0 heterocycles. The van der Waals surface area contributed by atoms with Gasteiger partial charge in [-0.1, -0.05) is 71.1 Å². The van der Waals surface area contributed by atoms with Crippen molar-refractivity contribution in [3.05, 3.63) is 29.8 Å². The maximum atomic E-state index is 10.8. The van der Waals surface area contributed by atoms with E-state index < -0.39 is 5.97 Å². The average Bonchev–Trinajstić information content (AvgIpc) is 2.56. The minimum atomic E-state index is -0.873. The third-order valence-electron chi connectivity index (χ3n) is 4.24. The normalized spacial score (nSPS) is 10.7. The number of carboxylic acid groups (broad SMARTS) is 1. The average molecular weight is 319 g/mol. The number of hydrogen-bond donors (Lipinski definition) is 2. The van der Waals surface area contributed by atoms with Gasteiger partial charge in [-0.05, 0) is 30.7 Å². The Bertz CT molecular complexity index is 414. The Balaban J connectivity index is 1.90. The Kier molecular flexibility index (Phi) is 11.0. The number of aromatic carboxylic acids is 1. The molecule has 1 rings (SSSR count). The van der Waals surface area contributed by atoms with Crippen LogP contribution < -0.4 is 5.32 Å². The maximum Gasteiger partial charge on any atom is 0.335 e. The van der Waals surface area contributed by atoms with Gasteiger partial charge >= 0.3 is 5.97 Å². The lowest BCUT2D eigenvalue weighted by Gasteiger charge is -2.07. The molecule has 23 heavy (non-hydrogen) atoms. The summed E-state index contributed by atoms with van der Waals surface area (Å²) in [6.45, 7) is 3.23. The summed E-state index contributed by atoms with van der Waals surface area (Å²) in [4.78, 5) is 10.8. The highest BCUT2D eigenvalue weighted by Crippen LogP contribution is 2.12. The first kappa shape index (κ1) is 19.5. The van der Waals surface area contributed by atoms with Crippen molar-refractivity contribution >= 4 is 11.7 Å². The highest BCUT2D eigenvalue weighted by atomic mass is 16.4. The standard InChI is InChI=1S/C20H33NO2/c1-2-3-4-5-6-7-8-9-10-11-12-17-21-19-15-13-18(14-16-19)20(22)23/h13-16,21H,2-12,17H2,1H3,(H,22,23). The van der Waals surface area contributed by atoms with Gasteiger partial charge in [-0.3, -0.25) is 0 Å². The van der Waals surface area contributed by atoms with Crippen LogP contribution in [0.5, 0.6) is 0 Å². The highest BCUT2D eigenvalue weighted by Gasteiger charge is 2.01. The SMILES string of the molecule is CCCCCCCCCCCCCNc1ccc(C(=O)O)cc1. The van der Waals surface area contributed by atoms with E-state index in [0.717, 1.165) is 12.2 Å². The summed E-state index contributed by atoms with van der Waals surface area (Å²) in [7, 11) is 0. The number of benzene rings is 1. The molecule has 130 valence electrons. The largest absolute Gasteiger partial charge is 0.478 e. The summed E-state index contributed by atoms with van der Waals surface area (Å²) >= 11 is 0. The van der Waals surface area contributed by atoms with Crippen molar-refractivity contribution in [2.24, 2.45) is 0 Å². The van der Waals surface area contributed by atoms with Crippen molar-refractivity contribution in [1.29, 1.82) is 0 Å². The van der Waals surface area contributed by atoms with Gasteiger partial charge in [0.15, 0.2) is 0 Å². The zero-order chi connectivity index (χ0) is 16.8. The zero-order valence-corrected chi connectivity index (χ0v) is 14.7. The van der Waals surface area contributed by atoms with Crippen LogP contribution in [-0.2, 0) is 0 Å². The zero-order valence-electron chi connectivity index (χ0n) is 14.7. The van der Waals surface area contributed by atoms with Crippen LogP contribution in [0.25, 0.3) is 0 Å². The molecule has 0 aliphatic heterocycles. The molecule has 0 saturated heterocycles. The Hall–Kier alpha value is -1.51. The number of carbonyl (C=O) groups is 1. The molecule has 0 spiro atoms. The van der Waals surface area contributed by atoms with Gasteiger partial charge in [0.05, 0.1) is 5.56 Å². The molecule has 1 aromatic carbocycles. The van der Waals surface area contributed by atoms with Crippen LogP contribution in [0.4, 0.5) is 5.69 Å². The van der Waals surface area contributed by atoms with E-state index in [1.54, 1.807) is 12.1 Å². The summed E-state index contributed by atoms with van der Waals surface area (Å²) in [6.07, 6.45) is 14.9. The summed E-state index contributed by atoms with van der Waals surface area (Å²) in [5.41, 5.74) is 1.34. The van der Waals surface area contributed by atoms with Crippen LogP contribution in [0.3, 0.4) is 0 Å². The van der Waals surface area contributed by atoms with Gasteiger partial charge in [0.2, 0.25) is 0 Å². The lowest BCUT2D eigenvalue weighted by atomic mass is 10.1. The molecule has 2 N–H and O–H groups in total. The van der Waals surface area contributed by atoms with E-state index in [4.69, 9.17) is 5.11 Å². The van der Waals surface area contributed by atoms with Crippen LogP contribution >= 0.6 is 0 Å². The first-order valence-corrected chi connectivity index (χ1v) is 9.31. The van der Waals surface area contributed by atoms with Crippen molar-refractivity contribution in [2.45, 2.75) is 77.6 Å². The Labute approximate surface area is 141 Å². The molecule has 0 unspecified atom stereocenters. The van der Waals surface area contributed by atoms with Gasteiger partial charge < -0.3 is 10.4 Å². The smallest absolute Gasteiger partial charge is 0.335 e. The Morgan fingerprint density at radius 3 is 1.78 bits per heavy atom. The first-order valence-electron chi connectivity index (χ1n) is 9.31. The first-order chi connectivity index (χ1) is 11.2. The predicted octanol–water partition coefficient (Wildman–Crippen LogP) is 6.11. The van der Waals surface area contributed by atoms with Crippen molar-refractivity contribution in [2.75, 3.05) is 11.9 Å². The molecule has 0 fully saturated rings. The molecule has 0 bridgehead atoms. The summed E-state index contributed by atoms with van der Waals surface area (Å²) < 4.78 is 0. The topological polar surface area (TPSA) is 49.3 Å². The molecule has 0 aliphatic carbocycles. The van der Waals surface area contributed by atoms with E-state index in [2.05, 4.69) is 12.2 Å². The number of anilines is 1. The van der Waals surface area contributed by atoms with E-state index >= 15 is 0 Å². The minimum absolute atomic E-state index is 0.338. The van der Waals surface area contributed by atoms with Gasteiger partial charge in [0.1, 0.15) is 0 Å². The minimum Gasteiger partial charge on any atom is -0.478 e. The Morgan fingerprint density at radius 2 is 1.30 bits per heavy atom. The van der Waals surface area contributed by atoms with Gasteiger partial charge in [0.25, 0.3) is 0 Å². The van der Waals surface area contributed by atoms with E-state index in [9.17, 15) is 4.79 Å². The van der Waals surface area contributed by atoms with E-state index in [1.807, 2.05) is 12.1 Å². The molecule has 3 nitrogen and oxygen atoms in total. The summed E-state index contributed by atoms with van der Waals surface area (Å²) in [6, 6.07) is 6.96. The number of nitrogens with one attached hydrogen (secondary N) is 1. The Morgan fingerprint density at radius 1 is 0.826 bits per heavy atom. The van der Waals surface area contributed by atoms with Crippen LogP contribution in [0.2, 0.25) is 0 Å². The molecule has 0 amide bonds. The molecular formula is C20H33NO2. The van der Waals surface area contributed by atoms with Gasteiger partial charge in [-0.25, -0.2) is 4.79 Å². The highest BCUT2D eigenvalue weighted by molar-refractivity contribution is 5.87. The summed E-state index contributed by atoms with van der Waals surface area (Å²) in [5, 5.41) is 12.2. The monoisotopic (exact) mass is 319 g/mol. The molecule has 3 heteroatoms. The van der Waals surface area contributed by atoms with Crippen molar-refractivity contribution in [3.8, 4) is 0 Å². The second-order valence-corrected chi connectivity index (χ2v) is 6.34. The third-order valence-corrected chi connectivity index (χ3v) is 4.24. The molecule has 0 aromatic heterocycles. The van der Waals surface area contributed by atoms with Gasteiger partial charge in [-0.15, -0.1) is 0 Å². The van der Waals surface area contributed by atoms with E-state index in [0.29, 0.717) is 5.56 Å². The van der Waals surface area contributed by atoms with E-state index in [-0.39, 0.29) is 0 Å². The fourth-order valence-electron chi connectivity index (χ4n) is 2.75. The molecule has 0 saturated carbocycles. The molecule has 1 aromatic rings. The van der Waals surface area contributed by atoms with Crippen molar-refractivity contribution in [3.63, 3.8) is 0 Å². The molecule has 0 atom stereocenters. The lowest BCUT2D eigenvalue weighted by Crippen LogP contribution is -2.02. The van der Waals surface area contributed by atoms with Crippen LogP contribution in [-0.4, -0.2) is 17.6 Å². The summed E-state index contributed by atoms with van der Waals surface area (Å²) in [5.74, 6) is -0.873. The number of carboxylic acids is 1. The quantitative estimate of drug-likeness (QED) is 0.407. The number of hydrogen-bond acceptors (Lipinski definition) is 2. The molecule has 0 radical (unpaired) electrons. The second-order valence-electron chi connectivity index (χ2n) is 6.34. The number of unbranched alkanes of at least 4 members (excludes halogenated alkanes) is 10. The predicted molar refractivity (Wildman–Crippen MR) is 98.4 cm³/mol. The van der Waals surface area contributed by atoms with Crippen LogP contribution in [0.15, 0.2) is 24.3 Å². The third kappa shape index (κ3) is 9.98. The van der Waals surface area contributed by atoms with Gasteiger partial charge in [-0.2, -0.15) is 0 Å². The second kappa shape index (κ2) is 13.0. The van der Waals surface area contributed by atoms with Crippen LogP contribution in [0.1, 0.15) is 87.9 Å². The van der Waals surface area contributed by atoms with E-state index in [1.165, 1.54) is 70.6 Å². The van der Waals surface area contributed by atoms with Crippen LogP contribution in [0, 0.1) is 0 Å². The maximum absolute atomic E-state index is 10.8. The van der Waals surface area contributed by atoms with Crippen molar-refractivity contribution in [1.82, 2.24) is 0 Å². The lowest BCUT2D eigenvalue weighted by molar-refractivity contribution is 0.0697. The fraction of sp³-hybridized carbons (Fsp3) is 0.650. The number of rotatable bonds is 14. The van der Waals surface area contributed by atoms with Gasteiger partial charge in [0, 0.05) is 12.2 Å².